The van der Waals surface area contributed by atoms with Crippen molar-refractivity contribution in [3.63, 3.8) is 0 Å². The van der Waals surface area contributed by atoms with E-state index in [-0.39, 0.29) is 18.6 Å². The number of nitrogens with zero attached hydrogens (tertiary/aromatic N) is 1. The van der Waals surface area contributed by atoms with Gasteiger partial charge >= 0.3 is 0 Å². The van der Waals surface area contributed by atoms with Gasteiger partial charge in [0, 0.05) is 12.5 Å². The molecule has 0 bridgehead atoms. The third kappa shape index (κ3) is 5.64. The molecule has 29 heavy (non-hydrogen) atoms. The minimum Gasteiger partial charge on any atom is -0.390 e. The molecular weight excluding hydrogens is 370 g/mol. The second-order valence-electron chi connectivity index (χ2n) is 7.43. The topological polar surface area (TPSA) is 79.2 Å². The van der Waals surface area contributed by atoms with Crippen LogP contribution in [0.15, 0.2) is 60.7 Å². The van der Waals surface area contributed by atoms with E-state index >= 15 is 0 Å². The van der Waals surface area contributed by atoms with Crippen molar-refractivity contribution in [1.29, 1.82) is 0 Å². The summed E-state index contributed by atoms with van der Waals surface area (Å²) in [6.45, 7) is 3.66. The Balaban J connectivity index is 1.56. The average molecular weight is 399 g/mol. The van der Waals surface area contributed by atoms with Crippen molar-refractivity contribution >= 4 is 5.91 Å². The highest BCUT2D eigenvalue weighted by Gasteiger charge is 2.45. The minimum atomic E-state index is -1.41. The first kappa shape index (κ1) is 21.5. The van der Waals surface area contributed by atoms with E-state index in [0.29, 0.717) is 26.4 Å². The van der Waals surface area contributed by atoms with Crippen LogP contribution in [0.2, 0.25) is 0 Å². The van der Waals surface area contributed by atoms with Gasteiger partial charge < -0.3 is 24.6 Å². The number of aliphatic hydroxyl groups is 2. The maximum atomic E-state index is 12.6. The fourth-order valence-corrected chi connectivity index (χ4v) is 3.60. The van der Waals surface area contributed by atoms with E-state index in [1.54, 1.807) is 4.90 Å². The van der Waals surface area contributed by atoms with Crippen molar-refractivity contribution < 1.29 is 24.5 Å². The third-order valence-electron chi connectivity index (χ3n) is 5.39. The fourth-order valence-electron chi connectivity index (χ4n) is 3.60. The van der Waals surface area contributed by atoms with Gasteiger partial charge in [0.15, 0.2) is 6.10 Å². The second kappa shape index (κ2) is 10.5. The first-order chi connectivity index (χ1) is 14.1. The van der Waals surface area contributed by atoms with Crippen LogP contribution in [0.3, 0.4) is 0 Å². The molecular formula is C23H29NO5. The van der Waals surface area contributed by atoms with E-state index in [2.05, 4.69) is 0 Å². The Morgan fingerprint density at radius 2 is 1.45 bits per heavy atom. The highest BCUT2D eigenvalue weighted by molar-refractivity contribution is 5.82. The molecule has 156 valence electrons. The molecule has 1 saturated heterocycles. The summed E-state index contributed by atoms with van der Waals surface area (Å²) in [5.41, 5.74) is 2.10. The van der Waals surface area contributed by atoms with Crippen LogP contribution in [-0.4, -0.2) is 59.0 Å². The molecule has 3 rings (SSSR count). The lowest BCUT2D eigenvalue weighted by atomic mass is 9.86. The highest BCUT2D eigenvalue weighted by Crippen LogP contribution is 2.26. The number of hydrogen-bond acceptors (Lipinski definition) is 5. The molecule has 0 spiro atoms. The van der Waals surface area contributed by atoms with Crippen molar-refractivity contribution in [2.24, 2.45) is 5.92 Å². The Labute approximate surface area is 171 Å². The molecule has 0 aromatic heterocycles. The molecule has 1 fully saturated rings. The minimum absolute atomic E-state index is 0.282. The molecule has 2 aromatic carbocycles. The Morgan fingerprint density at radius 1 is 0.897 bits per heavy atom. The molecule has 2 N–H and O–H groups in total. The van der Waals surface area contributed by atoms with E-state index in [1.807, 2.05) is 67.6 Å². The summed E-state index contributed by atoms with van der Waals surface area (Å²) in [5, 5.41) is 20.4. The summed E-state index contributed by atoms with van der Waals surface area (Å²) in [5.74, 6) is -0.792. The van der Waals surface area contributed by atoms with Gasteiger partial charge in [0.2, 0.25) is 0 Å². The van der Waals surface area contributed by atoms with Crippen molar-refractivity contribution in [2.45, 2.75) is 38.4 Å². The van der Waals surface area contributed by atoms with Crippen LogP contribution in [0.5, 0.6) is 0 Å². The van der Waals surface area contributed by atoms with Gasteiger partial charge in [-0.15, -0.1) is 0 Å². The van der Waals surface area contributed by atoms with Crippen LogP contribution in [-0.2, 0) is 27.5 Å². The second-order valence-corrected chi connectivity index (χ2v) is 7.43. The van der Waals surface area contributed by atoms with Crippen molar-refractivity contribution in [1.82, 2.24) is 4.90 Å². The van der Waals surface area contributed by atoms with E-state index in [9.17, 15) is 15.0 Å². The van der Waals surface area contributed by atoms with Crippen molar-refractivity contribution in [3.05, 3.63) is 71.8 Å². The smallest absolute Gasteiger partial charge is 0.254 e. The van der Waals surface area contributed by atoms with Crippen LogP contribution in [0, 0.1) is 5.92 Å². The maximum Gasteiger partial charge on any atom is 0.254 e. The quantitative estimate of drug-likeness (QED) is 0.631. The zero-order valence-electron chi connectivity index (χ0n) is 16.7. The standard InChI is InChI=1S/C23H29NO5/c1-17-20(16-29-15-19-10-6-3-7-11-19)24(23(27)22(26)21(17)25)12-13-28-14-18-8-4-2-5-9-18/h2-11,17,20-22,25-26H,12-16H2,1H3. The van der Waals surface area contributed by atoms with Gasteiger partial charge in [0.1, 0.15) is 0 Å². The normalized spacial score (nSPS) is 24.7. The number of rotatable bonds is 9. The first-order valence-corrected chi connectivity index (χ1v) is 9.98. The lowest BCUT2D eigenvalue weighted by Gasteiger charge is -2.44. The Kier molecular flexibility index (Phi) is 7.77. The van der Waals surface area contributed by atoms with Crippen LogP contribution in [0.1, 0.15) is 18.1 Å². The molecule has 1 amide bonds. The van der Waals surface area contributed by atoms with Crippen LogP contribution < -0.4 is 0 Å². The van der Waals surface area contributed by atoms with Crippen LogP contribution >= 0.6 is 0 Å². The summed E-state index contributed by atoms with van der Waals surface area (Å²) in [6, 6.07) is 19.3. The van der Waals surface area contributed by atoms with Gasteiger partial charge in [-0.2, -0.15) is 0 Å². The molecule has 4 unspecified atom stereocenters. The average Bonchev–Trinajstić information content (AvgIpc) is 2.76. The summed E-state index contributed by atoms with van der Waals surface area (Å²) in [7, 11) is 0. The molecule has 4 atom stereocenters. The number of carbonyl (C=O) groups excluding carboxylic acids is 1. The zero-order chi connectivity index (χ0) is 20.6. The van der Waals surface area contributed by atoms with E-state index in [4.69, 9.17) is 9.47 Å². The largest absolute Gasteiger partial charge is 0.390 e. The number of amides is 1. The molecule has 1 aliphatic rings. The third-order valence-corrected chi connectivity index (χ3v) is 5.39. The zero-order valence-corrected chi connectivity index (χ0v) is 16.7. The number of hydrogen-bond donors (Lipinski definition) is 2. The van der Waals surface area contributed by atoms with Gasteiger partial charge in [-0.1, -0.05) is 67.6 Å². The molecule has 1 aliphatic heterocycles. The van der Waals surface area contributed by atoms with Crippen LogP contribution in [0.4, 0.5) is 0 Å². The molecule has 0 saturated carbocycles. The molecule has 6 heteroatoms. The number of ether oxygens (including phenoxy) is 2. The van der Waals surface area contributed by atoms with E-state index in [0.717, 1.165) is 11.1 Å². The van der Waals surface area contributed by atoms with E-state index < -0.39 is 18.1 Å². The number of likely N-dealkylation sites (tertiary alicyclic amines) is 1. The summed E-state index contributed by atoms with van der Waals surface area (Å²) in [4.78, 5) is 14.2. The van der Waals surface area contributed by atoms with Crippen molar-refractivity contribution in [2.75, 3.05) is 19.8 Å². The number of piperidine rings is 1. The lowest BCUT2D eigenvalue weighted by molar-refractivity contribution is -0.170. The number of aliphatic hydroxyl groups excluding tert-OH is 2. The Morgan fingerprint density at radius 3 is 2.03 bits per heavy atom. The number of benzene rings is 2. The maximum absolute atomic E-state index is 12.6. The molecule has 1 heterocycles. The molecule has 0 radical (unpaired) electrons. The molecule has 2 aromatic rings. The Hall–Kier alpha value is -2.25. The summed E-state index contributed by atoms with van der Waals surface area (Å²) in [6.07, 6.45) is -2.51. The molecule has 0 aliphatic carbocycles. The molecule has 6 nitrogen and oxygen atoms in total. The first-order valence-electron chi connectivity index (χ1n) is 9.98. The monoisotopic (exact) mass is 399 g/mol. The fraction of sp³-hybridized carbons (Fsp3) is 0.435. The van der Waals surface area contributed by atoms with Gasteiger partial charge in [0.25, 0.3) is 5.91 Å². The van der Waals surface area contributed by atoms with Gasteiger partial charge in [-0.25, -0.2) is 0 Å². The predicted molar refractivity (Wildman–Crippen MR) is 109 cm³/mol. The predicted octanol–water partition coefficient (Wildman–Crippen LogP) is 1.99. The SMILES string of the molecule is CC1C(O)C(O)C(=O)N(CCOCc2ccccc2)C1COCc1ccccc1. The van der Waals surface area contributed by atoms with E-state index in [1.165, 1.54) is 0 Å². The summed E-state index contributed by atoms with van der Waals surface area (Å²) >= 11 is 0. The van der Waals surface area contributed by atoms with Crippen LogP contribution in [0.25, 0.3) is 0 Å². The summed E-state index contributed by atoms with van der Waals surface area (Å²) < 4.78 is 11.6. The van der Waals surface area contributed by atoms with Crippen molar-refractivity contribution in [3.8, 4) is 0 Å². The lowest BCUT2D eigenvalue weighted by Crippen LogP contribution is -2.62. The van der Waals surface area contributed by atoms with Gasteiger partial charge in [0.05, 0.1) is 38.6 Å². The Bertz CT molecular complexity index is 754. The van der Waals surface area contributed by atoms with Gasteiger partial charge in [-0.3, -0.25) is 4.79 Å². The number of carbonyl (C=O) groups is 1. The van der Waals surface area contributed by atoms with Gasteiger partial charge in [-0.05, 0) is 11.1 Å². The highest BCUT2D eigenvalue weighted by atomic mass is 16.5.